The van der Waals surface area contributed by atoms with E-state index in [1.165, 1.54) is 0 Å². The van der Waals surface area contributed by atoms with Crippen LogP contribution in [-0.2, 0) is 0 Å². The molecule has 0 unspecified atom stereocenters. The third-order valence-corrected chi connectivity index (χ3v) is 1.39. The van der Waals surface area contributed by atoms with Crippen LogP contribution < -0.4 is 0 Å². The Bertz CT molecular complexity index is 228. The minimum atomic E-state index is 0.876. The topological polar surface area (TPSA) is 0 Å². The maximum atomic E-state index is 6.86. The van der Waals surface area contributed by atoms with Crippen LogP contribution in [0.15, 0.2) is 30.3 Å². The van der Waals surface area contributed by atoms with Gasteiger partial charge in [0.1, 0.15) is 0 Å². The molecule has 0 N–H and O–H groups in total. The molecule has 0 bridgehead atoms. The Labute approximate surface area is 61.9 Å². The number of hydrogen-bond donors (Lipinski definition) is 0. The van der Waals surface area contributed by atoms with E-state index >= 15 is 0 Å². The van der Waals surface area contributed by atoms with Crippen molar-refractivity contribution in [3.8, 4) is 5.92 Å². The molecule has 0 nitrogen and oxygen atoms in total. The summed E-state index contributed by atoms with van der Waals surface area (Å²) in [7, 11) is 0. The first-order chi connectivity index (χ1) is 4.84. The molecular weight excluding hydrogens is 120 g/mol. The zero-order chi connectivity index (χ0) is 7.40. The van der Waals surface area contributed by atoms with Crippen LogP contribution in [-0.4, -0.2) is 0 Å². The molecule has 10 heavy (non-hydrogen) atoms. The first-order valence-electron chi connectivity index (χ1n) is 3.16. The molecule has 0 spiro atoms. The van der Waals surface area contributed by atoms with Crippen LogP contribution in [0, 0.1) is 18.3 Å². The van der Waals surface area contributed by atoms with E-state index in [1.54, 1.807) is 0 Å². The fraction of sp³-hybridized carbons (Fsp3) is 0.100. The third kappa shape index (κ3) is 1.43. The van der Waals surface area contributed by atoms with Crippen LogP contribution >= 0.6 is 0 Å². The van der Waals surface area contributed by atoms with Gasteiger partial charge in [0.05, 0.1) is 0 Å². The van der Waals surface area contributed by atoms with Gasteiger partial charge in [-0.1, -0.05) is 0 Å². The Balaban J connectivity index is 2.88. The summed E-state index contributed by atoms with van der Waals surface area (Å²) in [4.78, 5) is 0. The van der Waals surface area contributed by atoms with Gasteiger partial charge >= 0.3 is 61.1 Å². The number of rotatable bonds is 1. The maximum absolute atomic E-state index is 6.86. The second-order valence-electron chi connectivity index (χ2n) is 2.12. The van der Waals surface area contributed by atoms with Gasteiger partial charge in [0, 0.05) is 0 Å². The van der Waals surface area contributed by atoms with E-state index in [4.69, 9.17) is 6.42 Å². The van der Waals surface area contributed by atoms with Crippen LogP contribution in [0.25, 0.3) is 0 Å². The summed E-state index contributed by atoms with van der Waals surface area (Å²) in [6.07, 6.45) is 6.86. The van der Waals surface area contributed by atoms with E-state index in [0.29, 0.717) is 0 Å². The molecule has 0 amide bonds. The summed E-state index contributed by atoms with van der Waals surface area (Å²) < 4.78 is 0. The van der Waals surface area contributed by atoms with Gasteiger partial charge in [-0.15, -0.1) is 0 Å². The average molecular weight is 128 g/mol. The average Bonchev–Trinajstić information content (AvgIpc) is 2.05. The van der Waals surface area contributed by atoms with E-state index < -0.39 is 0 Å². The van der Waals surface area contributed by atoms with Gasteiger partial charge in [-0.3, -0.25) is 0 Å². The van der Waals surface area contributed by atoms with Gasteiger partial charge in [-0.25, -0.2) is 0 Å². The predicted octanol–water partition coefficient (Wildman–Crippen LogP) is 2.22. The van der Waals surface area contributed by atoms with Gasteiger partial charge in [0.25, 0.3) is 0 Å². The fourth-order valence-corrected chi connectivity index (χ4v) is 0.760. The molecule has 0 fully saturated rings. The predicted molar refractivity (Wildman–Crippen MR) is 41.6 cm³/mol. The molecule has 1 rings (SSSR count). The van der Waals surface area contributed by atoms with Gasteiger partial charge in [0.15, 0.2) is 0 Å². The Morgan fingerprint density at radius 3 is 2.40 bits per heavy atom. The minimum absolute atomic E-state index is 0.876. The number of hydrogen-bond acceptors (Lipinski definition) is 0. The van der Waals surface area contributed by atoms with Crippen molar-refractivity contribution in [3.63, 3.8) is 0 Å². The first kappa shape index (κ1) is 6.98. The van der Waals surface area contributed by atoms with E-state index in [-0.39, 0.29) is 0 Å². The molecule has 0 atom stereocenters. The van der Waals surface area contributed by atoms with Crippen LogP contribution in [0.4, 0.5) is 0 Å². The summed E-state index contributed by atoms with van der Waals surface area (Å²) in [5.74, 6) is 3.22. The monoisotopic (exact) mass is 128 g/mol. The van der Waals surface area contributed by atoms with Crippen molar-refractivity contribution in [1.29, 1.82) is 0 Å². The van der Waals surface area contributed by atoms with Crippen LogP contribution in [0.2, 0.25) is 0 Å². The number of benzene rings is 1. The molecule has 0 saturated heterocycles. The Kier molecular flexibility index (Phi) is 2.20. The second kappa shape index (κ2) is 3.14. The van der Waals surface area contributed by atoms with E-state index in [0.717, 1.165) is 11.5 Å². The standard InChI is InChI=1S/C10H8/c1-3-9(2)10-7-5-4-6-8-10/h4-8H,2H3. The van der Waals surface area contributed by atoms with Crippen LogP contribution in [0.1, 0.15) is 12.5 Å². The molecule has 0 aliphatic rings. The molecule has 1 aromatic rings. The summed E-state index contributed by atoms with van der Waals surface area (Å²) in [6.45, 7) is 1.88. The summed E-state index contributed by atoms with van der Waals surface area (Å²) in [5, 5.41) is 0. The molecule has 1 aromatic carbocycles. The molecule has 0 aliphatic heterocycles. The van der Waals surface area contributed by atoms with Gasteiger partial charge in [0.2, 0.25) is 0 Å². The van der Waals surface area contributed by atoms with E-state index in [2.05, 4.69) is 5.92 Å². The van der Waals surface area contributed by atoms with Gasteiger partial charge < -0.3 is 0 Å². The fourth-order valence-electron chi connectivity index (χ4n) is 0.760. The van der Waals surface area contributed by atoms with Crippen molar-refractivity contribution in [2.45, 2.75) is 6.92 Å². The second-order valence-corrected chi connectivity index (χ2v) is 2.12. The quantitative estimate of drug-likeness (QED) is 0.402. The zero-order valence-corrected chi connectivity index (χ0v) is 5.89. The summed E-state index contributed by atoms with van der Waals surface area (Å²) >= 11 is 0. The van der Waals surface area contributed by atoms with E-state index in [1.807, 2.05) is 37.3 Å². The first-order valence-corrected chi connectivity index (χ1v) is 3.16. The van der Waals surface area contributed by atoms with Crippen molar-refractivity contribution in [2.24, 2.45) is 0 Å². The Hall–Kier alpha value is -1.13. The molecule has 0 saturated carbocycles. The van der Waals surface area contributed by atoms with Crippen molar-refractivity contribution in [1.82, 2.24) is 0 Å². The third-order valence-electron chi connectivity index (χ3n) is 1.39. The molecule has 0 heterocycles. The summed E-state index contributed by atoms with van der Waals surface area (Å²) in [5.41, 5.74) is 1.07. The van der Waals surface area contributed by atoms with Crippen molar-refractivity contribution in [2.75, 3.05) is 0 Å². The normalized spacial score (nSPS) is 8.70. The van der Waals surface area contributed by atoms with Gasteiger partial charge in [-0.05, 0) is 0 Å². The van der Waals surface area contributed by atoms with Gasteiger partial charge in [-0.2, -0.15) is 0 Å². The Morgan fingerprint density at radius 2 is 1.90 bits per heavy atom. The molecule has 0 aliphatic carbocycles. The Morgan fingerprint density at radius 1 is 1.30 bits per heavy atom. The van der Waals surface area contributed by atoms with Crippen LogP contribution in [0.3, 0.4) is 0 Å². The van der Waals surface area contributed by atoms with Crippen molar-refractivity contribution >= 4 is 0 Å². The summed E-state index contributed by atoms with van der Waals surface area (Å²) in [6, 6.07) is 9.81. The molecule has 48 valence electrons. The van der Waals surface area contributed by atoms with Crippen LogP contribution in [0.5, 0.6) is 0 Å². The molecule has 0 aromatic heterocycles. The molecular formula is C10H8. The van der Waals surface area contributed by atoms with E-state index in [9.17, 15) is 0 Å². The zero-order valence-electron chi connectivity index (χ0n) is 5.89. The van der Waals surface area contributed by atoms with Crippen molar-refractivity contribution < 1.29 is 0 Å². The van der Waals surface area contributed by atoms with Crippen molar-refractivity contribution in [3.05, 3.63) is 48.2 Å². The SMILES string of the molecule is [C+]#C[C-](C)c1ccccc1. The molecule has 0 heteroatoms. The molecule has 0 radical (unpaired) electrons.